The highest BCUT2D eigenvalue weighted by Gasteiger charge is 2.14. The lowest BCUT2D eigenvalue weighted by molar-refractivity contribution is 0.734. The van der Waals surface area contributed by atoms with Gasteiger partial charge in [0.1, 0.15) is 0 Å². The predicted octanol–water partition coefficient (Wildman–Crippen LogP) is 6.28. The fourth-order valence-corrected chi connectivity index (χ4v) is 3.50. The topological polar surface area (TPSA) is 41.8 Å². The number of aromatic nitrogens is 1. The van der Waals surface area contributed by atoms with E-state index in [9.17, 15) is 0 Å². The third-order valence-electron chi connectivity index (χ3n) is 5.13. The molecule has 132 valence electrons. The number of hydrogen-bond donors (Lipinski definition) is 2. The van der Waals surface area contributed by atoms with Crippen molar-refractivity contribution >= 4 is 22.5 Å². The molecular formula is C22H27ClN2. The first-order valence-corrected chi connectivity index (χ1v) is 9.62. The van der Waals surface area contributed by atoms with Crippen molar-refractivity contribution in [1.82, 2.24) is 4.98 Å². The van der Waals surface area contributed by atoms with Crippen molar-refractivity contribution in [1.29, 1.82) is 0 Å². The van der Waals surface area contributed by atoms with Crippen molar-refractivity contribution in [3.63, 3.8) is 0 Å². The molecule has 0 spiro atoms. The minimum atomic E-state index is 0.579. The van der Waals surface area contributed by atoms with E-state index in [0.717, 1.165) is 37.3 Å². The van der Waals surface area contributed by atoms with Crippen LogP contribution in [0.4, 0.5) is 0 Å². The molecule has 3 aromatic rings. The smallest absolute Gasteiger partial charge is 0.0497 e. The van der Waals surface area contributed by atoms with E-state index in [2.05, 4.69) is 49.2 Å². The first-order valence-electron chi connectivity index (χ1n) is 9.24. The van der Waals surface area contributed by atoms with Crippen LogP contribution in [0.1, 0.15) is 50.2 Å². The molecule has 1 atom stereocenters. The molecule has 0 radical (unpaired) electrons. The minimum absolute atomic E-state index is 0.579. The molecule has 3 N–H and O–H groups in total. The van der Waals surface area contributed by atoms with E-state index in [1.165, 1.54) is 33.3 Å². The molecule has 0 aliphatic carbocycles. The molecule has 1 unspecified atom stereocenters. The average molecular weight is 355 g/mol. The van der Waals surface area contributed by atoms with Gasteiger partial charge in [-0.15, -0.1) is 0 Å². The van der Waals surface area contributed by atoms with E-state index >= 15 is 0 Å². The molecule has 2 aromatic carbocycles. The Morgan fingerprint density at radius 1 is 1.08 bits per heavy atom. The highest BCUT2D eigenvalue weighted by atomic mass is 35.5. The van der Waals surface area contributed by atoms with Crippen LogP contribution in [0.25, 0.3) is 22.2 Å². The molecule has 1 aromatic heterocycles. The molecular weight excluding hydrogens is 328 g/mol. The van der Waals surface area contributed by atoms with Crippen molar-refractivity contribution in [2.45, 2.75) is 45.4 Å². The Labute approximate surface area is 155 Å². The summed E-state index contributed by atoms with van der Waals surface area (Å²) in [5.74, 6) is 0.579. The van der Waals surface area contributed by atoms with E-state index in [1.807, 2.05) is 12.1 Å². The maximum atomic E-state index is 6.07. The molecule has 0 saturated carbocycles. The minimum Gasteiger partial charge on any atom is -0.354 e. The van der Waals surface area contributed by atoms with Crippen molar-refractivity contribution in [2.75, 3.05) is 6.54 Å². The number of H-pyrrole nitrogens is 1. The second kappa shape index (κ2) is 8.07. The van der Waals surface area contributed by atoms with E-state index in [-0.39, 0.29) is 0 Å². The molecule has 25 heavy (non-hydrogen) atoms. The Kier molecular flexibility index (Phi) is 5.82. The molecule has 0 aliphatic heterocycles. The normalized spacial score (nSPS) is 12.6. The summed E-state index contributed by atoms with van der Waals surface area (Å²) in [6.07, 6.45) is 4.36. The lowest BCUT2D eigenvalue weighted by atomic mass is 9.94. The number of benzene rings is 2. The van der Waals surface area contributed by atoms with Crippen LogP contribution in [-0.2, 0) is 6.42 Å². The van der Waals surface area contributed by atoms with E-state index in [1.54, 1.807) is 0 Å². The van der Waals surface area contributed by atoms with Crippen LogP contribution >= 0.6 is 11.6 Å². The van der Waals surface area contributed by atoms with Crippen LogP contribution in [0, 0.1) is 0 Å². The lowest BCUT2D eigenvalue weighted by Crippen LogP contribution is -1.99. The lowest BCUT2D eigenvalue weighted by Gasteiger charge is -2.10. The zero-order valence-electron chi connectivity index (χ0n) is 15.1. The quantitative estimate of drug-likeness (QED) is 0.481. The first-order chi connectivity index (χ1) is 12.1. The third-order valence-corrected chi connectivity index (χ3v) is 5.38. The van der Waals surface area contributed by atoms with E-state index < -0.39 is 0 Å². The number of aromatic amines is 1. The summed E-state index contributed by atoms with van der Waals surface area (Å²) in [4.78, 5) is 3.64. The van der Waals surface area contributed by atoms with Gasteiger partial charge >= 0.3 is 0 Å². The van der Waals surface area contributed by atoms with Gasteiger partial charge in [-0.25, -0.2) is 0 Å². The van der Waals surface area contributed by atoms with Gasteiger partial charge in [0.05, 0.1) is 0 Å². The molecule has 2 nitrogen and oxygen atoms in total. The van der Waals surface area contributed by atoms with Gasteiger partial charge in [0.25, 0.3) is 0 Å². The highest BCUT2D eigenvalue weighted by molar-refractivity contribution is 6.30. The SMILES string of the molecule is CCC(C)c1ccc2[nH]c(-c3ccc(Cl)cc3)c(CCCCN)c2c1. The Morgan fingerprint density at radius 3 is 2.52 bits per heavy atom. The number of hydrogen-bond acceptors (Lipinski definition) is 1. The summed E-state index contributed by atoms with van der Waals surface area (Å²) in [5.41, 5.74) is 12.1. The Bertz CT molecular complexity index is 833. The van der Waals surface area contributed by atoms with Gasteiger partial charge in [0, 0.05) is 21.6 Å². The largest absolute Gasteiger partial charge is 0.354 e. The van der Waals surface area contributed by atoms with E-state index in [4.69, 9.17) is 17.3 Å². The third kappa shape index (κ3) is 3.91. The van der Waals surface area contributed by atoms with Gasteiger partial charge in [0.2, 0.25) is 0 Å². The molecule has 3 heteroatoms. The number of fused-ring (bicyclic) bond motifs is 1. The van der Waals surface area contributed by atoms with Gasteiger partial charge in [-0.3, -0.25) is 0 Å². The molecule has 0 aliphatic rings. The number of nitrogens with one attached hydrogen (secondary N) is 1. The van der Waals surface area contributed by atoms with Crippen molar-refractivity contribution < 1.29 is 0 Å². The van der Waals surface area contributed by atoms with Crippen molar-refractivity contribution in [2.24, 2.45) is 5.73 Å². The monoisotopic (exact) mass is 354 g/mol. The number of rotatable bonds is 7. The average Bonchev–Trinajstić information content (AvgIpc) is 3.00. The van der Waals surface area contributed by atoms with Crippen LogP contribution in [0.15, 0.2) is 42.5 Å². The van der Waals surface area contributed by atoms with Gasteiger partial charge in [-0.05, 0) is 79.1 Å². The van der Waals surface area contributed by atoms with E-state index in [0.29, 0.717) is 5.92 Å². The van der Waals surface area contributed by atoms with Crippen LogP contribution in [0.5, 0.6) is 0 Å². The fourth-order valence-electron chi connectivity index (χ4n) is 3.38. The molecule has 3 rings (SSSR count). The Hall–Kier alpha value is -1.77. The zero-order valence-corrected chi connectivity index (χ0v) is 15.9. The molecule has 0 saturated heterocycles. The van der Waals surface area contributed by atoms with Crippen molar-refractivity contribution in [3.8, 4) is 11.3 Å². The summed E-state index contributed by atoms with van der Waals surface area (Å²) in [7, 11) is 0. The molecule has 0 fully saturated rings. The second-order valence-corrected chi connectivity index (χ2v) is 7.28. The Balaban J connectivity index is 2.10. The second-order valence-electron chi connectivity index (χ2n) is 6.85. The number of aryl methyl sites for hydroxylation is 1. The number of halogens is 1. The first kappa shape index (κ1) is 18.0. The summed E-state index contributed by atoms with van der Waals surface area (Å²) < 4.78 is 0. The zero-order chi connectivity index (χ0) is 17.8. The standard InChI is InChI=1S/C22H27ClN2/c1-3-15(2)17-9-12-21-20(14-17)19(6-4-5-13-24)22(25-21)16-7-10-18(23)11-8-16/h7-12,14-15,25H,3-6,13,24H2,1-2H3. The van der Waals surface area contributed by atoms with Gasteiger partial charge < -0.3 is 10.7 Å². The maximum Gasteiger partial charge on any atom is 0.0497 e. The maximum absolute atomic E-state index is 6.07. The van der Waals surface area contributed by atoms with Crippen molar-refractivity contribution in [3.05, 3.63) is 58.6 Å². The molecule has 0 amide bonds. The predicted molar refractivity (Wildman–Crippen MR) is 109 cm³/mol. The van der Waals surface area contributed by atoms with Gasteiger partial charge in [-0.2, -0.15) is 0 Å². The fraction of sp³-hybridized carbons (Fsp3) is 0.364. The van der Waals surface area contributed by atoms with Gasteiger partial charge in [-0.1, -0.05) is 43.6 Å². The summed E-state index contributed by atoms with van der Waals surface area (Å²) in [6.45, 7) is 5.28. The Morgan fingerprint density at radius 2 is 1.84 bits per heavy atom. The molecule has 0 bridgehead atoms. The number of nitrogens with two attached hydrogens (primary N) is 1. The van der Waals surface area contributed by atoms with Gasteiger partial charge in [0.15, 0.2) is 0 Å². The summed E-state index contributed by atoms with van der Waals surface area (Å²) >= 11 is 6.07. The molecule has 1 heterocycles. The van der Waals surface area contributed by atoms with Crippen LogP contribution in [-0.4, -0.2) is 11.5 Å². The van der Waals surface area contributed by atoms with Crippen LogP contribution in [0.3, 0.4) is 0 Å². The van der Waals surface area contributed by atoms with Crippen LogP contribution < -0.4 is 5.73 Å². The van der Waals surface area contributed by atoms with Crippen LogP contribution in [0.2, 0.25) is 5.02 Å². The summed E-state index contributed by atoms with van der Waals surface area (Å²) in [5, 5.41) is 2.11. The highest BCUT2D eigenvalue weighted by Crippen LogP contribution is 2.34. The number of unbranched alkanes of at least 4 members (excludes halogenated alkanes) is 1. The summed E-state index contributed by atoms with van der Waals surface area (Å²) in [6, 6.07) is 14.9.